The van der Waals surface area contributed by atoms with E-state index in [1.165, 1.54) is 0 Å². The van der Waals surface area contributed by atoms with E-state index in [2.05, 4.69) is 4.99 Å². The van der Waals surface area contributed by atoms with Crippen LogP contribution in [0.5, 0.6) is 0 Å². The van der Waals surface area contributed by atoms with Crippen LogP contribution in [0.2, 0.25) is 0 Å². The highest BCUT2D eigenvalue weighted by molar-refractivity contribution is 5.78. The van der Waals surface area contributed by atoms with E-state index in [4.69, 9.17) is 5.73 Å². The molecule has 0 unspecified atom stereocenters. The summed E-state index contributed by atoms with van der Waals surface area (Å²) in [7, 11) is 3.89. The zero-order valence-corrected chi connectivity index (χ0v) is 6.86. The summed E-state index contributed by atoms with van der Waals surface area (Å²) in [5.41, 5.74) is 5.35. The Labute approximate surface area is 66.1 Å². The van der Waals surface area contributed by atoms with Crippen LogP contribution >= 0.6 is 0 Å². The standard InChI is InChI=1S/C6H14N4O/c1-9(2)4-5-3-8-6(7)10(5)11/h5,11H,3-4H2,1-2H3,(H2,7,8)/t5-/m0/s1. The molecular formula is C6H14N4O. The zero-order chi connectivity index (χ0) is 8.43. The lowest BCUT2D eigenvalue weighted by Gasteiger charge is -2.21. The Kier molecular flexibility index (Phi) is 2.31. The molecule has 0 aliphatic carbocycles. The van der Waals surface area contributed by atoms with Crippen molar-refractivity contribution in [2.75, 3.05) is 27.2 Å². The first-order chi connectivity index (χ1) is 5.11. The summed E-state index contributed by atoms with van der Waals surface area (Å²) in [5, 5.41) is 10.3. The summed E-state index contributed by atoms with van der Waals surface area (Å²) in [6, 6.07) is 0.0185. The molecule has 1 aliphatic rings. The summed E-state index contributed by atoms with van der Waals surface area (Å²) in [6.45, 7) is 1.35. The SMILES string of the molecule is CN(C)C[C@@H]1CN=C(N)N1O. The van der Waals surface area contributed by atoms with E-state index >= 15 is 0 Å². The van der Waals surface area contributed by atoms with Crippen LogP contribution in [0.15, 0.2) is 4.99 Å². The van der Waals surface area contributed by atoms with Gasteiger partial charge in [-0.25, -0.2) is 10.1 Å². The Morgan fingerprint density at radius 1 is 1.82 bits per heavy atom. The number of nitrogens with zero attached hydrogens (tertiary/aromatic N) is 3. The van der Waals surface area contributed by atoms with E-state index in [1.54, 1.807) is 0 Å². The van der Waals surface area contributed by atoms with Crippen molar-refractivity contribution < 1.29 is 5.21 Å². The van der Waals surface area contributed by atoms with E-state index in [0.717, 1.165) is 11.6 Å². The number of aliphatic imine (C=N–C) groups is 1. The van der Waals surface area contributed by atoms with Gasteiger partial charge < -0.3 is 10.6 Å². The molecule has 1 rings (SSSR count). The van der Waals surface area contributed by atoms with Gasteiger partial charge in [0.05, 0.1) is 12.6 Å². The normalized spacial score (nSPS) is 24.5. The predicted octanol–water partition coefficient (Wildman–Crippen LogP) is -1.06. The molecule has 1 heterocycles. The second-order valence-electron chi connectivity index (χ2n) is 2.96. The van der Waals surface area contributed by atoms with Crippen LogP contribution in [0.1, 0.15) is 0 Å². The van der Waals surface area contributed by atoms with Crippen molar-refractivity contribution in [2.24, 2.45) is 10.7 Å². The first-order valence-corrected chi connectivity index (χ1v) is 3.54. The fraction of sp³-hybridized carbons (Fsp3) is 0.833. The topological polar surface area (TPSA) is 65.1 Å². The molecule has 1 atom stereocenters. The van der Waals surface area contributed by atoms with Crippen LogP contribution < -0.4 is 5.73 Å². The number of hydrogen-bond donors (Lipinski definition) is 2. The average molecular weight is 158 g/mol. The van der Waals surface area contributed by atoms with Gasteiger partial charge in [-0.2, -0.15) is 0 Å². The Morgan fingerprint density at radius 2 is 2.45 bits per heavy atom. The molecule has 11 heavy (non-hydrogen) atoms. The van der Waals surface area contributed by atoms with Gasteiger partial charge in [0.1, 0.15) is 0 Å². The van der Waals surface area contributed by atoms with E-state index in [0.29, 0.717) is 6.54 Å². The number of hydroxylamine groups is 2. The second kappa shape index (κ2) is 3.06. The third-order valence-electron chi connectivity index (χ3n) is 1.62. The van der Waals surface area contributed by atoms with Crippen molar-refractivity contribution in [1.29, 1.82) is 0 Å². The summed E-state index contributed by atoms with van der Waals surface area (Å²) >= 11 is 0. The molecule has 0 fully saturated rings. The number of likely N-dealkylation sites (N-methyl/N-ethyl adjacent to an activating group) is 1. The Morgan fingerprint density at radius 3 is 2.82 bits per heavy atom. The zero-order valence-electron chi connectivity index (χ0n) is 6.86. The molecule has 0 spiro atoms. The maximum atomic E-state index is 9.26. The molecule has 5 nitrogen and oxygen atoms in total. The lowest BCUT2D eigenvalue weighted by atomic mass is 10.3. The molecule has 5 heteroatoms. The number of guanidine groups is 1. The number of hydrogen-bond acceptors (Lipinski definition) is 5. The van der Waals surface area contributed by atoms with E-state index in [9.17, 15) is 5.21 Å². The molecule has 0 aromatic rings. The van der Waals surface area contributed by atoms with E-state index in [-0.39, 0.29) is 12.0 Å². The first kappa shape index (κ1) is 8.29. The van der Waals surface area contributed by atoms with Gasteiger partial charge in [-0.15, -0.1) is 0 Å². The first-order valence-electron chi connectivity index (χ1n) is 3.54. The molecular weight excluding hydrogens is 144 g/mol. The molecule has 0 bridgehead atoms. The fourth-order valence-electron chi connectivity index (χ4n) is 1.09. The van der Waals surface area contributed by atoms with Crippen molar-refractivity contribution in [1.82, 2.24) is 9.96 Å². The van der Waals surface area contributed by atoms with E-state index < -0.39 is 0 Å². The molecule has 0 amide bonds. The van der Waals surface area contributed by atoms with Crippen LogP contribution in [0.3, 0.4) is 0 Å². The molecule has 3 N–H and O–H groups in total. The summed E-state index contributed by atoms with van der Waals surface area (Å²) < 4.78 is 0. The summed E-state index contributed by atoms with van der Waals surface area (Å²) in [4.78, 5) is 5.88. The highest BCUT2D eigenvalue weighted by atomic mass is 16.5. The van der Waals surface area contributed by atoms with Gasteiger partial charge in [-0.1, -0.05) is 0 Å². The van der Waals surface area contributed by atoms with Crippen LogP contribution in [0, 0.1) is 0 Å². The third-order valence-corrected chi connectivity index (χ3v) is 1.62. The molecule has 0 aromatic carbocycles. The van der Waals surface area contributed by atoms with Gasteiger partial charge in [0, 0.05) is 6.54 Å². The lowest BCUT2D eigenvalue weighted by Crippen LogP contribution is -2.43. The van der Waals surface area contributed by atoms with E-state index in [1.807, 2.05) is 19.0 Å². The summed E-state index contributed by atoms with van der Waals surface area (Å²) in [6.07, 6.45) is 0. The van der Waals surface area contributed by atoms with Crippen LogP contribution in [0.4, 0.5) is 0 Å². The minimum absolute atomic E-state index is 0.0185. The maximum Gasteiger partial charge on any atom is 0.216 e. The van der Waals surface area contributed by atoms with Crippen molar-refractivity contribution in [3.63, 3.8) is 0 Å². The monoisotopic (exact) mass is 158 g/mol. The number of rotatable bonds is 2. The second-order valence-corrected chi connectivity index (χ2v) is 2.96. The molecule has 0 saturated heterocycles. The predicted molar refractivity (Wildman–Crippen MR) is 42.5 cm³/mol. The third kappa shape index (κ3) is 1.81. The highest BCUT2D eigenvalue weighted by Crippen LogP contribution is 2.04. The van der Waals surface area contributed by atoms with Crippen molar-refractivity contribution >= 4 is 5.96 Å². The summed E-state index contributed by atoms with van der Waals surface area (Å²) in [5.74, 6) is 0.219. The van der Waals surface area contributed by atoms with Crippen LogP contribution in [-0.4, -0.2) is 54.4 Å². The van der Waals surface area contributed by atoms with Crippen molar-refractivity contribution in [2.45, 2.75) is 6.04 Å². The van der Waals surface area contributed by atoms with Gasteiger partial charge in [0.2, 0.25) is 5.96 Å². The highest BCUT2D eigenvalue weighted by Gasteiger charge is 2.24. The molecule has 0 aromatic heterocycles. The fourth-order valence-corrected chi connectivity index (χ4v) is 1.09. The molecule has 1 aliphatic heterocycles. The average Bonchev–Trinajstić information content (AvgIpc) is 2.18. The van der Waals surface area contributed by atoms with Gasteiger partial charge in [0.25, 0.3) is 0 Å². The Balaban J connectivity index is 2.41. The van der Waals surface area contributed by atoms with Crippen molar-refractivity contribution in [3.8, 4) is 0 Å². The number of nitrogens with two attached hydrogens (primary N) is 1. The quantitative estimate of drug-likeness (QED) is 0.537. The van der Waals surface area contributed by atoms with Crippen molar-refractivity contribution in [3.05, 3.63) is 0 Å². The van der Waals surface area contributed by atoms with Crippen LogP contribution in [-0.2, 0) is 0 Å². The molecule has 0 saturated carbocycles. The van der Waals surface area contributed by atoms with Gasteiger partial charge >= 0.3 is 0 Å². The maximum absolute atomic E-state index is 9.26. The van der Waals surface area contributed by atoms with Crippen LogP contribution in [0.25, 0.3) is 0 Å². The smallest absolute Gasteiger partial charge is 0.216 e. The van der Waals surface area contributed by atoms with Gasteiger partial charge in [-0.3, -0.25) is 5.21 Å². The minimum atomic E-state index is 0.0185. The van der Waals surface area contributed by atoms with Gasteiger partial charge in [-0.05, 0) is 14.1 Å². The van der Waals surface area contributed by atoms with Gasteiger partial charge in [0.15, 0.2) is 0 Å². The molecule has 0 radical (unpaired) electrons. The Hall–Kier alpha value is -0.810. The lowest BCUT2D eigenvalue weighted by molar-refractivity contribution is -0.0477. The minimum Gasteiger partial charge on any atom is -0.368 e. The Bertz CT molecular complexity index is 168. The largest absolute Gasteiger partial charge is 0.368 e. The molecule has 64 valence electrons.